The fourth-order valence-electron chi connectivity index (χ4n) is 2.84. The van der Waals surface area contributed by atoms with E-state index in [9.17, 15) is 9.59 Å². The Labute approximate surface area is 202 Å². The summed E-state index contributed by atoms with van der Waals surface area (Å²) in [7, 11) is 0. The van der Waals surface area contributed by atoms with E-state index in [1.165, 1.54) is 0 Å². The molecule has 5 nitrogen and oxygen atoms in total. The quantitative estimate of drug-likeness (QED) is 0.282. The minimum Gasteiger partial charge on any atom is -0.494 e. The summed E-state index contributed by atoms with van der Waals surface area (Å²) in [4.78, 5) is 25.7. The lowest BCUT2D eigenvalue weighted by Gasteiger charge is -2.22. The first-order valence-corrected chi connectivity index (χ1v) is 11.5. The van der Waals surface area contributed by atoms with E-state index in [0.717, 1.165) is 12.7 Å². The molecule has 0 radical (unpaired) electrons. The maximum absolute atomic E-state index is 12.9. The van der Waals surface area contributed by atoms with Crippen molar-refractivity contribution in [1.29, 1.82) is 0 Å². The van der Waals surface area contributed by atoms with Crippen molar-refractivity contribution in [2.45, 2.75) is 13.1 Å². The zero-order valence-corrected chi connectivity index (χ0v) is 20.5. The van der Waals surface area contributed by atoms with Crippen molar-refractivity contribution in [3.8, 4) is 5.75 Å². The van der Waals surface area contributed by atoms with Crippen molar-refractivity contribution in [3.05, 3.63) is 96.6 Å². The van der Waals surface area contributed by atoms with E-state index in [-0.39, 0.29) is 11.8 Å². The summed E-state index contributed by atoms with van der Waals surface area (Å²) >= 11 is 4.32. The molecule has 0 aromatic heterocycles. The standard InChI is InChI=1S/C23H20I2N2O3/c1-2-30-20-11-5-6-15(14-20)21(26-22(28)16-7-3-9-18(24)12-16)27-23(29)17-8-4-10-19(25)13-17/h3-14,21H,2H2,1H3,(H,26,28)(H,27,29). The Morgan fingerprint density at radius 3 is 1.87 bits per heavy atom. The number of carbonyl (C=O) groups is 2. The van der Waals surface area contributed by atoms with Gasteiger partial charge < -0.3 is 15.4 Å². The molecule has 0 unspecified atom stereocenters. The summed E-state index contributed by atoms with van der Waals surface area (Å²) in [6.07, 6.45) is -0.721. The number of hydrogen-bond acceptors (Lipinski definition) is 3. The Morgan fingerprint density at radius 2 is 1.37 bits per heavy atom. The molecule has 30 heavy (non-hydrogen) atoms. The maximum atomic E-state index is 12.9. The van der Waals surface area contributed by atoms with Crippen molar-refractivity contribution in [2.24, 2.45) is 0 Å². The normalized spacial score (nSPS) is 10.5. The van der Waals surface area contributed by atoms with Crippen LogP contribution in [0.25, 0.3) is 0 Å². The number of carbonyl (C=O) groups excluding carboxylic acids is 2. The molecular weight excluding hydrogens is 606 g/mol. The Morgan fingerprint density at radius 1 is 0.833 bits per heavy atom. The van der Waals surface area contributed by atoms with Crippen molar-refractivity contribution >= 4 is 57.0 Å². The smallest absolute Gasteiger partial charge is 0.253 e. The molecule has 0 saturated heterocycles. The Balaban J connectivity index is 1.88. The predicted octanol–water partition coefficient (Wildman–Crippen LogP) is 5.15. The first kappa shape index (κ1) is 22.5. The van der Waals surface area contributed by atoms with Crippen molar-refractivity contribution in [1.82, 2.24) is 10.6 Å². The molecule has 0 fully saturated rings. The van der Waals surface area contributed by atoms with E-state index in [4.69, 9.17) is 4.74 Å². The second kappa shape index (κ2) is 10.8. The van der Waals surface area contributed by atoms with Crippen LogP contribution in [0.2, 0.25) is 0 Å². The highest BCUT2D eigenvalue weighted by molar-refractivity contribution is 14.1. The second-order valence-electron chi connectivity index (χ2n) is 6.41. The maximum Gasteiger partial charge on any atom is 0.253 e. The molecule has 0 saturated carbocycles. The summed E-state index contributed by atoms with van der Waals surface area (Å²) in [5, 5.41) is 5.86. The lowest BCUT2D eigenvalue weighted by molar-refractivity contribution is 0.0883. The number of benzene rings is 3. The molecule has 0 atom stereocenters. The van der Waals surface area contributed by atoms with E-state index >= 15 is 0 Å². The summed E-state index contributed by atoms with van der Waals surface area (Å²) in [6.45, 7) is 2.43. The van der Waals surface area contributed by atoms with Crippen LogP contribution >= 0.6 is 45.2 Å². The van der Waals surface area contributed by atoms with Gasteiger partial charge in [0.05, 0.1) is 6.61 Å². The molecule has 0 spiro atoms. The van der Waals surface area contributed by atoms with Crippen LogP contribution in [0.15, 0.2) is 72.8 Å². The third-order valence-corrected chi connectivity index (χ3v) is 5.57. The highest BCUT2D eigenvalue weighted by atomic mass is 127. The van der Waals surface area contributed by atoms with Crippen LogP contribution < -0.4 is 15.4 Å². The monoisotopic (exact) mass is 626 g/mol. The molecule has 3 aromatic rings. The third kappa shape index (κ3) is 6.18. The molecule has 7 heteroatoms. The van der Waals surface area contributed by atoms with Gasteiger partial charge in [-0.05, 0) is 106 Å². The van der Waals surface area contributed by atoms with Gasteiger partial charge in [-0.2, -0.15) is 0 Å². The lowest BCUT2D eigenvalue weighted by atomic mass is 10.1. The SMILES string of the molecule is CCOc1cccc(C(NC(=O)c2cccc(I)c2)NC(=O)c2cccc(I)c2)c1. The summed E-state index contributed by atoms with van der Waals surface area (Å²) in [6, 6.07) is 21.9. The number of ether oxygens (including phenoxy) is 1. The summed E-state index contributed by atoms with van der Waals surface area (Å²) in [5.41, 5.74) is 1.77. The molecular formula is C23H20I2N2O3. The van der Waals surface area contributed by atoms with Gasteiger partial charge in [-0.25, -0.2) is 0 Å². The van der Waals surface area contributed by atoms with Crippen LogP contribution in [0.3, 0.4) is 0 Å². The molecule has 3 rings (SSSR count). The molecule has 0 aliphatic rings. The molecule has 154 valence electrons. The van der Waals surface area contributed by atoms with Crippen LogP contribution in [0.1, 0.15) is 39.4 Å². The van der Waals surface area contributed by atoms with Crippen LogP contribution in [0.5, 0.6) is 5.75 Å². The van der Waals surface area contributed by atoms with Gasteiger partial charge in [-0.3, -0.25) is 9.59 Å². The topological polar surface area (TPSA) is 67.4 Å². The van der Waals surface area contributed by atoms with Gasteiger partial charge in [0.2, 0.25) is 0 Å². The predicted molar refractivity (Wildman–Crippen MR) is 134 cm³/mol. The summed E-state index contributed by atoms with van der Waals surface area (Å²) in [5.74, 6) is 0.124. The number of rotatable bonds is 7. The molecule has 0 aliphatic carbocycles. The van der Waals surface area contributed by atoms with E-state index in [0.29, 0.717) is 23.5 Å². The molecule has 2 N–H and O–H groups in total. The molecule has 0 bridgehead atoms. The van der Waals surface area contributed by atoms with E-state index in [1.807, 2.05) is 55.5 Å². The van der Waals surface area contributed by atoms with Gasteiger partial charge in [0.25, 0.3) is 11.8 Å². The minimum absolute atomic E-state index is 0.275. The van der Waals surface area contributed by atoms with Crippen molar-refractivity contribution in [3.63, 3.8) is 0 Å². The molecule has 2 amide bonds. The molecule has 3 aromatic carbocycles. The fraction of sp³-hybridized carbons (Fsp3) is 0.130. The van der Waals surface area contributed by atoms with Crippen LogP contribution in [0.4, 0.5) is 0 Å². The van der Waals surface area contributed by atoms with Crippen LogP contribution in [-0.2, 0) is 0 Å². The average molecular weight is 626 g/mol. The number of halogens is 2. The van der Waals surface area contributed by atoms with Gasteiger partial charge in [0.15, 0.2) is 0 Å². The van der Waals surface area contributed by atoms with Crippen molar-refractivity contribution < 1.29 is 14.3 Å². The first-order chi connectivity index (χ1) is 14.5. The van der Waals surface area contributed by atoms with Crippen molar-refractivity contribution in [2.75, 3.05) is 6.61 Å². The Hall–Kier alpha value is -2.14. The number of nitrogens with one attached hydrogen (secondary N) is 2. The van der Waals surface area contributed by atoms with Gasteiger partial charge in [-0.1, -0.05) is 24.3 Å². The fourth-order valence-corrected chi connectivity index (χ4v) is 3.93. The van der Waals surface area contributed by atoms with Gasteiger partial charge in [-0.15, -0.1) is 0 Å². The van der Waals surface area contributed by atoms with Crippen LogP contribution in [-0.4, -0.2) is 18.4 Å². The summed E-state index contributed by atoms with van der Waals surface area (Å²) < 4.78 is 7.49. The highest BCUT2D eigenvalue weighted by Crippen LogP contribution is 2.20. The van der Waals surface area contributed by atoms with Crippen LogP contribution in [0, 0.1) is 7.14 Å². The molecule has 0 aliphatic heterocycles. The Bertz CT molecular complexity index is 996. The van der Waals surface area contributed by atoms with Gasteiger partial charge in [0.1, 0.15) is 11.9 Å². The number of amides is 2. The minimum atomic E-state index is -0.721. The average Bonchev–Trinajstić information content (AvgIpc) is 2.73. The largest absolute Gasteiger partial charge is 0.494 e. The van der Waals surface area contributed by atoms with Gasteiger partial charge in [0, 0.05) is 18.3 Å². The zero-order chi connectivity index (χ0) is 21.5. The lowest BCUT2D eigenvalue weighted by Crippen LogP contribution is -2.41. The third-order valence-electron chi connectivity index (χ3n) is 4.23. The van der Waals surface area contributed by atoms with Gasteiger partial charge >= 0.3 is 0 Å². The zero-order valence-electron chi connectivity index (χ0n) is 16.2. The Kier molecular flexibility index (Phi) is 8.08. The van der Waals surface area contributed by atoms with E-state index in [2.05, 4.69) is 55.8 Å². The number of hydrogen-bond donors (Lipinski definition) is 2. The highest BCUT2D eigenvalue weighted by Gasteiger charge is 2.20. The van der Waals surface area contributed by atoms with E-state index in [1.54, 1.807) is 24.3 Å². The van der Waals surface area contributed by atoms with E-state index < -0.39 is 6.17 Å². The molecule has 0 heterocycles. The first-order valence-electron chi connectivity index (χ1n) is 9.32. The second-order valence-corrected chi connectivity index (χ2v) is 8.90.